The maximum Gasteiger partial charge on any atom is 0.0761 e. The lowest BCUT2D eigenvalue weighted by Crippen LogP contribution is -2.55. The van der Waals surface area contributed by atoms with Gasteiger partial charge in [-0.1, -0.05) is 0 Å². The minimum Gasteiger partial charge on any atom is -0.238 e. The van der Waals surface area contributed by atoms with Crippen LogP contribution in [0.15, 0.2) is 0 Å². The molecule has 13 heavy (non-hydrogen) atoms. The van der Waals surface area contributed by atoms with Crippen LogP contribution in [0.2, 0.25) is 0 Å². The molecule has 1 atom stereocenters. The van der Waals surface area contributed by atoms with Crippen molar-refractivity contribution < 1.29 is 0 Å². The van der Waals surface area contributed by atoms with Crippen molar-refractivity contribution in [2.45, 2.75) is 44.1 Å². The Labute approximate surface area is 79.6 Å². The SMILES string of the molecule is C1C2CC3CC1CC(N1CN1)(C2)C3. The third-order valence-electron chi connectivity index (χ3n) is 4.89. The predicted octanol–water partition coefficient (Wildman–Crippen LogP) is 1.73. The molecule has 4 saturated carbocycles. The summed E-state index contributed by atoms with van der Waals surface area (Å²) in [7, 11) is 0. The summed E-state index contributed by atoms with van der Waals surface area (Å²) in [5.74, 6) is 3.27. The van der Waals surface area contributed by atoms with Crippen LogP contribution in [0.1, 0.15) is 38.5 Å². The van der Waals surface area contributed by atoms with Crippen LogP contribution < -0.4 is 5.43 Å². The Bertz CT molecular complexity index is 209. The molecule has 4 bridgehead atoms. The second kappa shape index (κ2) is 2.12. The first-order chi connectivity index (χ1) is 6.34. The lowest BCUT2D eigenvalue weighted by molar-refractivity contribution is -0.0544. The second-order valence-electron chi connectivity index (χ2n) is 5.89. The van der Waals surface area contributed by atoms with Gasteiger partial charge < -0.3 is 0 Å². The highest BCUT2D eigenvalue weighted by Crippen LogP contribution is 2.58. The van der Waals surface area contributed by atoms with Crippen LogP contribution in [0, 0.1) is 17.8 Å². The Morgan fingerprint density at radius 1 is 0.923 bits per heavy atom. The zero-order valence-corrected chi connectivity index (χ0v) is 8.13. The molecule has 0 aromatic heterocycles. The van der Waals surface area contributed by atoms with Gasteiger partial charge in [0.1, 0.15) is 0 Å². The van der Waals surface area contributed by atoms with E-state index in [1.807, 2.05) is 0 Å². The van der Waals surface area contributed by atoms with Crippen molar-refractivity contribution in [1.29, 1.82) is 0 Å². The van der Waals surface area contributed by atoms with Crippen molar-refractivity contribution in [2.75, 3.05) is 6.67 Å². The predicted molar refractivity (Wildman–Crippen MR) is 50.7 cm³/mol. The highest BCUT2D eigenvalue weighted by atomic mass is 15.7. The zero-order chi connectivity index (χ0) is 8.47. The average Bonchev–Trinajstić information content (AvgIpc) is 2.81. The molecule has 0 aromatic carbocycles. The zero-order valence-electron chi connectivity index (χ0n) is 8.13. The summed E-state index contributed by atoms with van der Waals surface area (Å²) in [6.45, 7) is 1.17. The van der Waals surface area contributed by atoms with E-state index in [4.69, 9.17) is 0 Å². The van der Waals surface area contributed by atoms with Gasteiger partial charge in [-0.15, -0.1) is 0 Å². The number of hydrogen-bond donors (Lipinski definition) is 1. The Morgan fingerprint density at radius 3 is 1.77 bits per heavy atom. The molecule has 5 aliphatic rings. The third kappa shape index (κ3) is 0.909. The van der Waals surface area contributed by atoms with Gasteiger partial charge in [-0.05, 0) is 56.3 Å². The summed E-state index contributed by atoms with van der Waals surface area (Å²) < 4.78 is 0. The molecule has 4 aliphatic carbocycles. The van der Waals surface area contributed by atoms with Crippen molar-refractivity contribution in [3.8, 4) is 0 Å². The summed E-state index contributed by atoms with van der Waals surface area (Å²) in [6, 6.07) is 0. The van der Waals surface area contributed by atoms with Crippen LogP contribution in [0.3, 0.4) is 0 Å². The molecule has 1 heterocycles. The van der Waals surface area contributed by atoms with Crippen LogP contribution in [0.4, 0.5) is 0 Å². The highest BCUT2D eigenvalue weighted by Gasteiger charge is 2.55. The Kier molecular flexibility index (Phi) is 1.18. The first-order valence-corrected chi connectivity index (χ1v) is 5.85. The quantitative estimate of drug-likeness (QED) is 0.619. The third-order valence-corrected chi connectivity index (χ3v) is 4.89. The molecular formula is C11H18N2. The van der Waals surface area contributed by atoms with Crippen LogP contribution in [-0.4, -0.2) is 17.2 Å². The summed E-state index contributed by atoms with van der Waals surface area (Å²) in [5.41, 5.74) is 4.06. The van der Waals surface area contributed by atoms with Gasteiger partial charge in [-0.3, -0.25) is 0 Å². The molecule has 2 heteroatoms. The molecule has 1 saturated heterocycles. The molecule has 1 unspecified atom stereocenters. The summed E-state index contributed by atoms with van der Waals surface area (Å²) in [4.78, 5) is 0. The number of nitrogens with zero attached hydrogens (tertiary/aromatic N) is 1. The lowest BCUT2D eigenvalue weighted by atomic mass is 9.53. The topological polar surface area (TPSA) is 25.0 Å². The smallest absolute Gasteiger partial charge is 0.0761 e. The summed E-state index contributed by atoms with van der Waals surface area (Å²) in [5, 5.41) is 2.54. The van der Waals surface area contributed by atoms with E-state index < -0.39 is 0 Å². The largest absolute Gasteiger partial charge is 0.238 e. The molecule has 0 amide bonds. The summed E-state index contributed by atoms with van der Waals surface area (Å²) >= 11 is 0. The Balaban J connectivity index is 1.71. The van der Waals surface area contributed by atoms with E-state index >= 15 is 0 Å². The molecule has 5 fully saturated rings. The lowest BCUT2D eigenvalue weighted by Gasteiger charge is -2.56. The van der Waals surface area contributed by atoms with Gasteiger partial charge in [-0.2, -0.15) is 0 Å². The van der Waals surface area contributed by atoms with Gasteiger partial charge in [0.2, 0.25) is 0 Å². The van der Waals surface area contributed by atoms with E-state index in [0.29, 0.717) is 5.54 Å². The van der Waals surface area contributed by atoms with Gasteiger partial charge in [0, 0.05) is 5.54 Å². The minimum atomic E-state index is 0.634. The molecular weight excluding hydrogens is 160 g/mol. The maximum atomic E-state index is 3.42. The average molecular weight is 178 g/mol. The molecule has 0 spiro atoms. The van der Waals surface area contributed by atoms with Crippen LogP contribution in [-0.2, 0) is 0 Å². The van der Waals surface area contributed by atoms with Crippen molar-refractivity contribution >= 4 is 0 Å². The van der Waals surface area contributed by atoms with Crippen molar-refractivity contribution in [3.05, 3.63) is 0 Å². The fourth-order valence-corrected chi connectivity index (χ4v) is 4.77. The van der Waals surface area contributed by atoms with E-state index in [9.17, 15) is 0 Å². The summed E-state index contributed by atoms with van der Waals surface area (Å²) in [6.07, 6.45) is 9.21. The fraction of sp³-hybridized carbons (Fsp3) is 1.00. The normalized spacial score (nSPS) is 62.8. The monoisotopic (exact) mass is 178 g/mol. The van der Waals surface area contributed by atoms with Crippen LogP contribution in [0.25, 0.3) is 0 Å². The molecule has 0 aromatic rings. The fourth-order valence-electron chi connectivity index (χ4n) is 4.77. The van der Waals surface area contributed by atoms with E-state index in [0.717, 1.165) is 17.8 Å². The number of hydrazine groups is 1. The number of hydrogen-bond acceptors (Lipinski definition) is 2. The molecule has 1 N–H and O–H groups in total. The molecule has 5 rings (SSSR count). The van der Waals surface area contributed by atoms with E-state index in [1.54, 1.807) is 19.3 Å². The van der Waals surface area contributed by atoms with Crippen LogP contribution >= 0.6 is 0 Å². The van der Waals surface area contributed by atoms with Gasteiger partial charge in [0.15, 0.2) is 0 Å². The first kappa shape index (κ1) is 7.24. The van der Waals surface area contributed by atoms with Gasteiger partial charge in [0.05, 0.1) is 6.67 Å². The Morgan fingerprint density at radius 2 is 1.38 bits per heavy atom. The van der Waals surface area contributed by atoms with Crippen LogP contribution in [0.5, 0.6) is 0 Å². The van der Waals surface area contributed by atoms with Gasteiger partial charge in [-0.25, -0.2) is 10.4 Å². The van der Waals surface area contributed by atoms with E-state index in [1.165, 1.54) is 25.9 Å². The van der Waals surface area contributed by atoms with Crippen molar-refractivity contribution in [2.24, 2.45) is 17.8 Å². The standard InChI is InChI=1S/C11H18N2/c1-8-2-10-3-9(1)5-11(4-8,6-10)13-7-12-13/h8-10,12H,1-7H2. The van der Waals surface area contributed by atoms with Crippen molar-refractivity contribution in [3.63, 3.8) is 0 Å². The highest BCUT2D eigenvalue weighted by molar-refractivity contribution is 5.08. The van der Waals surface area contributed by atoms with E-state index in [-0.39, 0.29) is 0 Å². The molecule has 1 aliphatic heterocycles. The number of nitrogens with one attached hydrogen (secondary N) is 1. The van der Waals surface area contributed by atoms with Gasteiger partial charge >= 0.3 is 0 Å². The van der Waals surface area contributed by atoms with Gasteiger partial charge in [0.25, 0.3) is 0 Å². The van der Waals surface area contributed by atoms with Crippen molar-refractivity contribution in [1.82, 2.24) is 10.4 Å². The van der Waals surface area contributed by atoms with E-state index in [2.05, 4.69) is 10.4 Å². The first-order valence-electron chi connectivity index (χ1n) is 5.85. The molecule has 0 radical (unpaired) electrons. The Hall–Kier alpha value is -0.0800. The molecule has 2 nitrogen and oxygen atoms in total. The second-order valence-corrected chi connectivity index (χ2v) is 5.89. The maximum absolute atomic E-state index is 3.42. The number of rotatable bonds is 1. The minimum absolute atomic E-state index is 0.634. The molecule has 72 valence electrons.